The fourth-order valence-corrected chi connectivity index (χ4v) is 7.25. The number of β-lactam (4-membered cyclic amide) rings is 1. The summed E-state index contributed by atoms with van der Waals surface area (Å²) in [4.78, 5) is 68.6. The van der Waals surface area contributed by atoms with E-state index in [1.54, 1.807) is 0 Å². The van der Waals surface area contributed by atoms with Crippen molar-refractivity contribution in [2.45, 2.75) is 64.0 Å². The SMILES string of the molecule is CC(=O)C[C@H](C)[C@H]1C(=O)N2C(C(=O)O)=C(SC3CNC(C(=O)NCCC(=O)NOCc4ccccc4)C3)[C@H](C)[C@H]12. The number of hydrogen-bond acceptors (Lipinski definition) is 8. The summed E-state index contributed by atoms with van der Waals surface area (Å²) in [6, 6.07) is 8.67. The van der Waals surface area contributed by atoms with Gasteiger partial charge < -0.3 is 25.4 Å². The zero-order valence-corrected chi connectivity index (χ0v) is 23.7. The van der Waals surface area contributed by atoms with Crippen LogP contribution in [0.1, 0.15) is 45.6 Å². The van der Waals surface area contributed by atoms with Crippen LogP contribution < -0.4 is 16.1 Å². The van der Waals surface area contributed by atoms with Gasteiger partial charge in [0.2, 0.25) is 17.7 Å². The first kappa shape index (κ1) is 29.8. The highest BCUT2D eigenvalue weighted by Crippen LogP contribution is 2.53. The molecule has 3 heterocycles. The highest BCUT2D eigenvalue weighted by molar-refractivity contribution is 8.03. The average molecular weight is 573 g/mol. The largest absolute Gasteiger partial charge is 0.477 e. The Morgan fingerprint density at radius 1 is 1.23 bits per heavy atom. The van der Waals surface area contributed by atoms with Gasteiger partial charge in [0.15, 0.2) is 0 Å². The van der Waals surface area contributed by atoms with Gasteiger partial charge in [0.05, 0.1) is 24.6 Å². The van der Waals surface area contributed by atoms with E-state index in [2.05, 4.69) is 16.1 Å². The van der Waals surface area contributed by atoms with Crippen LogP contribution >= 0.6 is 11.8 Å². The third-order valence-electron chi connectivity index (χ3n) is 7.63. The van der Waals surface area contributed by atoms with Gasteiger partial charge in [-0.15, -0.1) is 11.8 Å². The number of amides is 3. The summed E-state index contributed by atoms with van der Waals surface area (Å²) < 4.78 is 0. The topological polar surface area (TPSA) is 154 Å². The van der Waals surface area contributed by atoms with Crippen molar-refractivity contribution in [2.75, 3.05) is 13.1 Å². The van der Waals surface area contributed by atoms with E-state index in [-0.39, 0.29) is 84.2 Å². The summed E-state index contributed by atoms with van der Waals surface area (Å²) in [6.07, 6.45) is 0.825. The Balaban J connectivity index is 1.24. The number of hydrogen-bond donors (Lipinski definition) is 4. The molecule has 0 radical (unpaired) electrons. The molecular formula is C28H36N4O7S. The molecule has 3 aliphatic rings. The molecule has 1 aromatic rings. The normalized spacial score (nSPS) is 26.2. The predicted molar refractivity (Wildman–Crippen MR) is 147 cm³/mol. The van der Waals surface area contributed by atoms with E-state index in [9.17, 15) is 29.1 Å². The second kappa shape index (κ2) is 13.0. The van der Waals surface area contributed by atoms with Crippen molar-refractivity contribution in [1.29, 1.82) is 0 Å². The van der Waals surface area contributed by atoms with E-state index in [0.29, 0.717) is 17.9 Å². The molecule has 0 spiro atoms. The van der Waals surface area contributed by atoms with Crippen molar-refractivity contribution < 1.29 is 33.9 Å². The molecule has 6 atom stereocenters. The van der Waals surface area contributed by atoms with Crippen LogP contribution in [0.5, 0.6) is 0 Å². The summed E-state index contributed by atoms with van der Waals surface area (Å²) in [7, 11) is 0. The number of nitrogens with zero attached hydrogens (tertiary/aromatic N) is 1. The van der Waals surface area contributed by atoms with Crippen molar-refractivity contribution in [2.24, 2.45) is 17.8 Å². The van der Waals surface area contributed by atoms with Crippen LogP contribution in [0, 0.1) is 17.8 Å². The van der Waals surface area contributed by atoms with Crippen molar-refractivity contribution in [3.8, 4) is 0 Å². The van der Waals surface area contributed by atoms with Gasteiger partial charge in [-0.2, -0.15) is 0 Å². The summed E-state index contributed by atoms with van der Waals surface area (Å²) >= 11 is 1.41. The van der Waals surface area contributed by atoms with Crippen LogP contribution in [0.25, 0.3) is 0 Å². The van der Waals surface area contributed by atoms with Gasteiger partial charge in [0.25, 0.3) is 0 Å². The number of nitrogens with one attached hydrogen (secondary N) is 3. The average Bonchev–Trinajstić information content (AvgIpc) is 3.46. The second-order valence-corrected chi connectivity index (χ2v) is 12.0. The smallest absolute Gasteiger partial charge is 0.353 e. The number of hydroxylamine groups is 1. The lowest BCUT2D eigenvalue weighted by Crippen LogP contribution is -2.62. The standard InChI is InChI=1S/C28H36N4O7S/c1-15(11-16(2)33)22-23-17(3)25(24(28(37)38)32(23)27(22)36)40-19-12-20(30-13-19)26(35)29-10-9-21(34)31-39-14-18-7-5-4-6-8-18/h4-8,15,17,19-20,22-23,30H,9-14H2,1-3H3,(H,29,35)(H,31,34)(H,37,38)/t15-,17+,19?,20?,22+,23+/m0/s1. The number of fused-ring (bicyclic) bond motifs is 1. The molecule has 3 aliphatic heterocycles. The molecule has 4 N–H and O–H groups in total. The van der Waals surface area contributed by atoms with Crippen molar-refractivity contribution in [1.82, 2.24) is 21.0 Å². The van der Waals surface area contributed by atoms with Crippen LogP contribution in [-0.2, 0) is 35.4 Å². The van der Waals surface area contributed by atoms with Crippen LogP contribution in [0.15, 0.2) is 40.9 Å². The number of rotatable bonds is 13. The summed E-state index contributed by atoms with van der Waals surface area (Å²) in [5.41, 5.74) is 3.31. The molecular weight excluding hydrogens is 536 g/mol. The molecule has 0 saturated carbocycles. The molecule has 11 nitrogen and oxygen atoms in total. The lowest BCUT2D eigenvalue weighted by Gasteiger charge is -2.47. The van der Waals surface area contributed by atoms with E-state index >= 15 is 0 Å². The highest BCUT2D eigenvalue weighted by atomic mass is 32.2. The molecule has 4 rings (SSSR count). The number of thioether (sulfide) groups is 1. The first-order valence-corrected chi connectivity index (χ1v) is 14.4. The minimum Gasteiger partial charge on any atom is -0.477 e. The molecule has 0 aliphatic carbocycles. The number of carbonyl (C=O) groups is 5. The second-order valence-electron chi connectivity index (χ2n) is 10.7. The molecule has 1 aromatic carbocycles. The quantitative estimate of drug-likeness (QED) is 0.204. The number of benzene rings is 1. The number of carboxylic acids is 1. The third kappa shape index (κ3) is 6.56. The number of carbonyl (C=O) groups excluding carboxylic acids is 4. The Kier molecular flexibility index (Phi) is 9.64. The first-order valence-electron chi connectivity index (χ1n) is 13.5. The van der Waals surface area contributed by atoms with Crippen molar-refractivity contribution in [3.63, 3.8) is 0 Å². The van der Waals surface area contributed by atoms with E-state index in [0.717, 1.165) is 5.56 Å². The molecule has 12 heteroatoms. The van der Waals surface area contributed by atoms with Gasteiger partial charge in [0.1, 0.15) is 11.5 Å². The van der Waals surface area contributed by atoms with E-state index in [4.69, 9.17) is 4.84 Å². The maximum absolute atomic E-state index is 12.9. The number of aliphatic carboxylic acids is 1. The molecule has 0 bridgehead atoms. The third-order valence-corrected chi connectivity index (χ3v) is 9.14. The van der Waals surface area contributed by atoms with Gasteiger partial charge in [-0.1, -0.05) is 44.2 Å². The van der Waals surface area contributed by atoms with Gasteiger partial charge in [-0.25, -0.2) is 10.3 Å². The maximum atomic E-state index is 12.9. The summed E-state index contributed by atoms with van der Waals surface area (Å²) in [6.45, 7) is 6.19. The molecule has 216 valence electrons. The monoisotopic (exact) mass is 572 g/mol. The Morgan fingerprint density at radius 3 is 2.62 bits per heavy atom. The molecule has 40 heavy (non-hydrogen) atoms. The Labute approximate surface area is 237 Å². The van der Waals surface area contributed by atoms with Crippen LogP contribution in [0.4, 0.5) is 0 Å². The zero-order chi connectivity index (χ0) is 29.0. The van der Waals surface area contributed by atoms with Gasteiger partial charge in [-0.05, 0) is 24.8 Å². The number of Topliss-reactive ketones (excluding diaryl/α,β-unsaturated/α-hetero) is 1. The number of ketones is 1. The molecule has 2 unspecified atom stereocenters. The molecule has 3 amide bonds. The zero-order valence-electron chi connectivity index (χ0n) is 22.8. The van der Waals surface area contributed by atoms with Crippen LogP contribution in [0.2, 0.25) is 0 Å². The van der Waals surface area contributed by atoms with Crippen LogP contribution in [0.3, 0.4) is 0 Å². The summed E-state index contributed by atoms with van der Waals surface area (Å²) in [5, 5.41) is 15.8. The number of carboxylic acid groups (broad SMARTS) is 1. The van der Waals surface area contributed by atoms with Crippen molar-refractivity contribution >= 4 is 41.2 Å². The fraction of sp³-hybridized carbons (Fsp3) is 0.536. The van der Waals surface area contributed by atoms with Gasteiger partial charge in [-0.3, -0.25) is 19.2 Å². The van der Waals surface area contributed by atoms with E-state index in [1.165, 1.54) is 23.6 Å². The predicted octanol–water partition coefficient (Wildman–Crippen LogP) is 1.59. The molecule has 2 saturated heterocycles. The Hall–Kier alpha value is -3.22. The van der Waals surface area contributed by atoms with E-state index < -0.39 is 12.0 Å². The highest BCUT2D eigenvalue weighted by Gasteiger charge is 2.60. The minimum atomic E-state index is -1.14. The Bertz CT molecular complexity index is 1190. The molecule has 2 fully saturated rings. The first-order chi connectivity index (χ1) is 19.1. The molecule has 0 aromatic heterocycles. The lowest BCUT2D eigenvalue weighted by atomic mass is 9.73. The maximum Gasteiger partial charge on any atom is 0.353 e. The van der Waals surface area contributed by atoms with Gasteiger partial charge >= 0.3 is 5.97 Å². The van der Waals surface area contributed by atoms with E-state index in [1.807, 2.05) is 44.2 Å². The lowest BCUT2D eigenvalue weighted by molar-refractivity contribution is -0.160. The van der Waals surface area contributed by atoms with Crippen LogP contribution in [-0.4, -0.2) is 69.9 Å². The minimum absolute atomic E-state index is 0.00350. The Morgan fingerprint density at radius 2 is 1.95 bits per heavy atom. The fourth-order valence-electron chi connectivity index (χ4n) is 5.77. The summed E-state index contributed by atoms with van der Waals surface area (Å²) in [5.74, 6) is -2.68. The van der Waals surface area contributed by atoms with Crippen molar-refractivity contribution in [3.05, 3.63) is 46.5 Å². The van der Waals surface area contributed by atoms with Gasteiger partial charge in [0, 0.05) is 42.0 Å².